The molecule has 134 valence electrons. The van der Waals surface area contributed by atoms with Crippen molar-refractivity contribution < 1.29 is 39.0 Å². The van der Waals surface area contributed by atoms with Crippen molar-refractivity contribution in [3.8, 4) is 11.5 Å². The van der Waals surface area contributed by atoms with Gasteiger partial charge in [-0.05, 0) is 24.3 Å². The van der Waals surface area contributed by atoms with Gasteiger partial charge < -0.3 is 29.9 Å². The van der Waals surface area contributed by atoms with E-state index in [1.807, 2.05) is 0 Å². The van der Waals surface area contributed by atoms with E-state index in [0.717, 1.165) is 0 Å². The zero-order valence-electron chi connectivity index (χ0n) is 13.2. The van der Waals surface area contributed by atoms with E-state index in [9.17, 15) is 24.5 Å². The first-order valence-corrected chi connectivity index (χ1v) is 8.59. The van der Waals surface area contributed by atoms with E-state index in [-0.39, 0.29) is 35.1 Å². The van der Waals surface area contributed by atoms with E-state index in [0.29, 0.717) is 5.56 Å². The quantitative estimate of drug-likeness (QED) is 0.474. The lowest BCUT2D eigenvalue weighted by atomic mass is 9.72. The summed E-state index contributed by atoms with van der Waals surface area (Å²) < 4.78 is 10.3. The van der Waals surface area contributed by atoms with Crippen LogP contribution >= 0.6 is 11.8 Å². The van der Waals surface area contributed by atoms with Crippen LogP contribution in [0.5, 0.6) is 11.5 Å². The maximum absolute atomic E-state index is 11.7. The first-order valence-electron chi connectivity index (χ1n) is 7.20. The van der Waals surface area contributed by atoms with Crippen LogP contribution in [0.2, 0.25) is 0 Å². The molecule has 0 radical (unpaired) electrons. The Kier molecular flexibility index (Phi) is 6.15. The summed E-state index contributed by atoms with van der Waals surface area (Å²) in [4.78, 5) is 33.8. The first-order chi connectivity index (χ1) is 11.8. The van der Waals surface area contributed by atoms with Gasteiger partial charge in [0, 0.05) is 0 Å². The second kappa shape index (κ2) is 8.12. The van der Waals surface area contributed by atoms with Crippen LogP contribution in [0.1, 0.15) is 15.9 Å². The van der Waals surface area contributed by atoms with E-state index < -0.39 is 31.6 Å². The highest BCUT2D eigenvalue weighted by Gasteiger charge is 2.38. The van der Waals surface area contributed by atoms with Crippen molar-refractivity contribution in [3.05, 3.63) is 23.3 Å². The molecular weight excluding hydrogens is 353 g/mol. The van der Waals surface area contributed by atoms with Gasteiger partial charge in [-0.2, -0.15) is 11.8 Å². The smallest absolute Gasteiger partial charge is 0.534 e. The minimum Gasteiger partial charge on any atom is -0.534 e. The number of carbonyl (C=O) groups is 3. The van der Waals surface area contributed by atoms with E-state index in [1.54, 1.807) is 6.26 Å². The fraction of sp³-hybridized carbons (Fsp3) is 0.357. The normalized spacial score (nSPS) is 15.8. The number of carboxylic acid groups (broad SMARTS) is 2. The van der Waals surface area contributed by atoms with Crippen LogP contribution in [0.15, 0.2) is 12.1 Å². The Hall–Kier alpha value is -2.40. The number of fused-ring (bicyclic) bond motifs is 1. The fourth-order valence-corrected chi connectivity index (χ4v) is 2.75. The molecule has 11 heteroatoms. The average Bonchev–Trinajstić information content (AvgIpc) is 2.53. The molecule has 1 heterocycles. The number of amides is 1. The maximum atomic E-state index is 11.7. The molecule has 1 atom stereocenters. The number of nitrogens with one attached hydrogen (secondary N) is 1. The Morgan fingerprint density at radius 1 is 1.40 bits per heavy atom. The third-order valence-corrected chi connectivity index (χ3v) is 3.96. The third kappa shape index (κ3) is 4.57. The molecule has 9 nitrogen and oxygen atoms in total. The highest BCUT2D eigenvalue weighted by molar-refractivity contribution is 7.99. The zero-order chi connectivity index (χ0) is 18.6. The highest BCUT2D eigenvalue weighted by Crippen LogP contribution is 2.36. The molecule has 0 saturated carbocycles. The Morgan fingerprint density at radius 3 is 2.72 bits per heavy atom. The van der Waals surface area contributed by atoms with Gasteiger partial charge in [-0.1, -0.05) is 6.07 Å². The number of hydrogen-bond donors (Lipinski definition) is 4. The van der Waals surface area contributed by atoms with Crippen molar-refractivity contribution in [1.82, 2.24) is 5.32 Å². The molecule has 0 spiro atoms. The van der Waals surface area contributed by atoms with Crippen molar-refractivity contribution >= 4 is 36.7 Å². The number of rotatable bonds is 7. The summed E-state index contributed by atoms with van der Waals surface area (Å²) in [6.45, 7) is -0.713. The highest BCUT2D eigenvalue weighted by atomic mass is 32.2. The third-order valence-electron chi connectivity index (χ3n) is 3.41. The van der Waals surface area contributed by atoms with Crippen molar-refractivity contribution in [2.24, 2.45) is 0 Å². The van der Waals surface area contributed by atoms with Crippen LogP contribution in [-0.4, -0.2) is 64.8 Å². The molecule has 1 amide bonds. The lowest BCUT2D eigenvalue weighted by Crippen LogP contribution is -2.53. The number of carbonyl (C=O) groups excluding carboxylic acids is 1. The number of aliphatic carboxylic acids is 1. The van der Waals surface area contributed by atoms with Crippen LogP contribution in [0.3, 0.4) is 0 Å². The molecule has 4 N–H and O–H groups in total. The Labute approximate surface area is 147 Å². The maximum Gasteiger partial charge on any atom is 0.547 e. The second-order valence-corrected chi connectivity index (χ2v) is 6.10. The van der Waals surface area contributed by atoms with E-state index >= 15 is 0 Å². The molecule has 2 rings (SSSR count). The van der Waals surface area contributed by atoms with Gasteiger partial charge in [0.15, 0.2) is 6.61 Å². The number of benzene rings is 1. The molecule has 1 aliphatic heterocycles. The van der Waals surface area contributed by atoms with Crippen molar-refractivity contribution in [3.63, 3.8) is 0 Å². The first kappa shape index (κ1) is 18.9. The van der Waals surface area contributed by atoms with Crippen molar-refractivity contribution in [2.75, 3.05) is 18.6 Å². The molecule has 1 aromatic carbocycles. The minimum atomic E-state index is -1.44. The van der Waals surface area contributed by atoms with Gasteiger partial charge in [-0.25, -0.2) is 9.59 Å². The Balaban J connectivity index is 2.28. The fourth-order valence-electron chi connectivity index (χ4n) is 2.41. The van der Waals surface area contributed by atoms with Gasteiger partial charge in [-0.3, -0.25) is 4.79 Å². The molecule has 0 unspecified atom stereocenters. The van der Waals surface area contributed by atoms with Gasteiger partial charge in [0.05, 0.1) is 11.7 Å². The van der Waals surface area contributed by atoms with Gasteiger partial charge >= 0.3 is 19.1 Å². The number of hydrogen-bond acceptors (Lipinski definition) is 7. The predicted octanol–water partition coefficient (Wildman–Crippen LogP) is -0.349. The van der Waals surface area contributed by atoms with Gasteiger partial charge in [-0.15, -0.1) is 0 Å². The second-order valence-electron chi connectivity index (χ2n) is 5.23. The topological polar surface area (TPSA) is 142 Å². The van der Waals surface area contributed by atoms with Gasteiger partial charge in [0.1, 0.15) is 17.1 Å². The summed E-state index contributed by atoms with van der Waals surface area (Å²) in [5, 5.41) is 30.8. The molecule has 0 saturated heterocycles. The predicted molar refractivity (Wildman–Crippen MR) is 89.1 cm³/mol. The average molecular weight is 369 g/mol. The molecule has 0 fully saturated rings. The van der Waals surface area contributed by atoms with Gasteiger partial charge in [0.2, 0.25) is 5.91 Å². The van der Waals surface area contributed by atoms with Crippen LogP contribution in [0, 0.1) is 0 Å². The number of thioether (sulfide) groups is 1. The summed E-state index contributed by atoms with van der Waals surface area (Å²) >= 11 is 1.32. The Bertz CT molecular complexity index is 698. The lowest BCUT2D eigenvalue weighted by Gasteiger charge is -2.29. The molecule has 25 heavy (non-hydrogen) atoms. The van der Waals surface area contributed by atoms with E-state index in [1.165, 1.54) is 23.9 Å². The standard InChI is InChI=1S/C14H16BNO8S/c1-25-6-10(17)16-9-4-7-2-3-8(23-5-11(18)19)12(14(20)21)13(7)24-15(9)22/h2-3,9,22H,4-6H2,1H3,(H,16,17)(H,18,19)(H,20,21)/t9-/m0/s1. The van der Waals surface area contributed by atoms with Crippen LogP contribution in [0.4, 0.5) is 0 Å². The minimum absolute atomic E-state index is 0.0988. The summed E-state index contributed by atoms with van der Waals surface area (Å²) in [6, 6.07) is 2.84. The van der Waals surface area contributed by atoms with E-state index in [4.69, 9.17) is 14.5 Å². The lowest BCUT2D eigenvalue weighted by molar-refractivity contribution is -0.139. The van der Waals surface area contributed by atoms with Crippen LogP contribution < -0.4 is 14.7 Å². The van der Waals surface area contributed by atoms with E-state index in [2.05, 4.69) is 5.32 Å². The largest absolute Gasteiger partial charge is 0.547 e. The Morgan fingerprint density at radius 2 is 2.12 bits per heavy atom. The molecule has 0 bridgehead atoms. The summed E-state index contributed by atoms with van der Waals surface area (Å²) in [5.74, 6) is -3.69. The molecular formula is C14H16BNO8S. The zero-order valence-corrected chi connectivity index (χ0v) is 14.0. The molecule has 1 aliphatic rings. The SMILES string of the molecule is CSCC(=O)N[C@H]1Cc2ccc(OCC(=O)O)c(C(=O)O)c2OB1O. The van der Waals surface area contributed by atoms with Crippen molar-refractivity contribution in [2.45, 2.75) is 12.4 Å². The summed E-state index contributed by atoms with van der Waals surface area (Å²) in [6.07, 6.45) is 1.93. The number of carboxylic acids is 2. The number of ether oxygens (including phenoxy) is 1. The number of aromatic carboxylic acids is 1. The van der Waals surface area contributed by atoms with Gasteiger partial charge in [0.25, 0.3) is 0 Å². The summed E-state index contributed by atoms with van der Waals surface area (Å²) in [5.41, 5.74) is 0.0894. The van der Waals surface area contributed by atoms with Crippen LogP contribution in [-0.2, 0) is 16.0 Å². The molecule has 0 aliphatic carbocycles. The van der Waals surface area contributed by atoms with Crippen molar-refractivity contribution in [1.29, 1.82) is 0 Å². The molecule has 1 aromatic rings. The molecule has 0 aromatic heterocycles. The monoisotopic (exact) mass is 369 g/mol. The van der Waals surface area contributed by atoms with Crippen LogP contribution in [0.25, 0.3) is 0 Å². The summed E-state index contributed by atoms with van der Waals surface area (Å²) in [7, 11) is -1.44.